The summed E-state index contributed by atoms with van der Waals surface area (Å²) in [6.07, 6.45) is 10.8. The van der Waals surface area contributed by atoms with Crippen LogP contribution in [-0.2, 0) is 47.7 Å². The molecule has 0 unspecified atom stereocenters. The maximum absolute atomic E-state index is 12.1. The molecule has 3 aromatic rings. The highest BCUT2D eigenvalue weighted by Crippen LogP contribution is 2.51. The highest BCUT2D eigenvalue weighted by molar-refractivity contribution is 9.11. The standard InChI is InChI=1S/C36H41BrClN3O9S3/c1-35(2)29-21-26(38)23-40(17-5-7-19-51(42,43)44)34(29)39-31(35)15-11-25(37)12-16-32-36(3,4)33-28-22-27(53(48,49)50)13-9-24(28)10-14-30(33)41(32)18-6-8-20-52(45,46)47/h9-16,21-23H,5-8,17-20H2,1-4H3,(H2-,42,43,44,45,46,47,48,49,50)/p+1. The zero-order chi connectivity index (χ0) is 39.1. The number of aromatic nitrogens is 1. The summed E-state index contributed by atoms with van der Waals surface area (Å²) in [5.41, 5.74) is 3.07. The molecular weight excluding hydrogens is 830 g/mol. The topological polar surface area (TPSA) is 183 Å². The predicted molar refractivity (Wildman–Crippen MR) is 211 cm³/mol. The van der Waals surface area contributed by atoms with E-state index in [0.717, 1.165) is 33.6 Å². The second kappa shape index (κ2) is 15.3. The van der Waals surface area contributed by atoms with Gasteiger partial charge in [-0.15, -0.1) is 0 Å². The number of halogens is 2. The van der Waals surface area contributed by atoms with Crippen molar-refractivity contribution in [3.63, 3.8) is 0 Å². The van der Waals surface area contributed by atoms with E-state index in [2.05, 4.69) is 20.8 Å². The molecule has 286 valence electrons. The first-order valence-electron chi connectivity index (χ1n) is 16.8. The number of unbranched alkanes of at least 4 members (excludes halogenated alkanes) is 2. The van der Waals surface area contributed by atoms with Crippen molar-refractivity contribution in [3.05, 3.63) is 93.2 Å². The highest BCUT2D eigenvalue weighted by atomic mass is 79.9. The molecular formula is C36H42BrClN3O9S3+. The number of pyridine rings is 1. The van der Waals surface area contributed by atoms with Gasteiger partial charge in [0.2, 0.25) is 0 Å². The lowest BCUT2D eigenvalue weighted by Crippen LogP contribution is -2.35. The molecule has 17 heteroatoms. The minimum Gasteiger partial charge on any atom is -0.344 e. The van der Waals surface area contributed by atoms with Gasteiger partial charge in [0.15, 0.2) is 5.71 Å². The number of allylic oxidation sites excluding steroid dienone is 6. The number of rotatable bonds is 14. The third-order valence-corrected chi connectivity index (χ3v) is 12.8. The van der Waals surface area contributed by atoms with Crippen molar-refractivity contribution in [2.45, 2.75) is 75.6 Å². The third kappa shape index (κ3) is 9.47. The molecule has 1 aromatic heterocycles. The van der Waals surface area contributed by atoms with Gasteiger partial charge in [0.05, 0.1) is 38.9 Å². The zero-order valence-electron chi connectivity index (χ0n) is 29.6. The Morgan fingerprint density at radius 3 is 2.19 bits per heavy atom. The van der Waals surface area contributed by atoms with Gasteiger partial charge in [-0.25, -0.2) is 4.57 Å². The summed E-state index contributed by atoms with van der Waals surface area (Å²) in [7, 11) is -12.6. The lowest BCUT2D eigenvalue weighted by Gasteiger charge is -2.27. The number of nitrogens with zero attached hydrogens (tertiary/aromatic N) is 3. The highest BCUT2D eigenvalue weighted by Gasteiger charge is 2.43. The van der Waals surface area contributed by atoms with Crippen molar-refractivity contribution < 1.29 is 43.5 Å². The van der Waals surface area contributed by atoms with Crippen LogP contribution in [-0.4, -0.2) is 62.7 Å². The second-order valence-electron chi connectivity index (χ2n) is 14.2. The van der Waals surface area contributed by atoms with Crippen molar-refractivity contribution in [2.24, 2.45) is 4.99 Å². The van der Waals surface area contributed by atoms with E-state index in [1.54, 1.807) is 12.3 Å². The van der Waals surface area contributed by atoms with Gasteiger partial charge >= 0.3 is 5.82 Å². The summed E-state index contributed by atoms with van der Waals surface area (Å²) < 4.78 is 100. The minimum absolute atomic E-state index is 0.219. The minimum atomic E-state index is -4.46. The number of fused-ring (bicyclic) bond motifs is 4. The fourth-order valence-corrected chi connectivity index (χ4v) is 9.09. The van der Waals surface area contributed by atoms with Crippen molar-refractivity contribution >= 4 is 85.9 Å². The molecule has 3 heterocycles. The van der Waals surface area contributed by atoms with E-state index >= 15 is 0 Å². The molecule has 0 atom stereocenters. The molecule has 0 bridgehead atoms. The summed E-state index contributed by atoms with van der Waals surface area (Å²) in [4.78, 5) is 6.78. The number of anilines is 1. The molecule has 2 aliphatic rings. The number of hydrogen-bond donors (Lipinski definition) is 3. The lowest BCUT2D eigenvalue weighted by molar-refractivity contribution is -0.684. The molecule has 0 saturated heterocycles. The Bertz CT molecular complexity index is 2420. The Labute approximate surface area is 324 Å². The third-order valence-electron chi connectivity index (χ3n) is 9.62. The van der Waals surface area contributed by atoms with E-state index in [4.69, 9.17) is 21.1 Å². The quantitative estimate of drug-likeness (QED) is 0.0646. The number of aliphatic imine (C=N–C) groups is 1. The molecule has 2 aromatic carbocycles. The van der Waals surface area contributed by atoms with Gasteiger partial charge in [-0.05, 0) is 109 Å². The van der Waals surface area contributed by atoms with Crippen molar-refractivity contribution in [1.82, 2.24) is 0 Å². The van der Waals surface area contributed by atoms with Crippen molar-refractivity contribution in [2.75, 3.05) is 23.0 Å². The van der Waals surface area contributed by atoms with E-state index in [9.17, 15) is 34.4 Å². The predicted octanol–water partition coefficient (Wildman–Crippen LogP) is 7.24. The largest absolute Gasteiger partial charge is 0.344 e. The SMILES string of the molecule is CC1(C)C(C=CC(Br)=CC=C2N(CCCCS(=O)(=O)O)c3ccc4ccc(S(=O)(=O)O)cc4c3C2(C)C)=Nc2c1cc(Cl)c[n+]2CCCCS(=O)(=O)O. The fourth-order valence-electron chi connectivity index (χ4n) is 6.95. The van der Waals surface area contributed by atoms with E-state index in [1.807, 2.05) is 74.8 Å². The van der Waals surface area contributed by atoms with Crippen LogP contribution in [0.5, 0.6) is 0 Å². The van der Waals surface area contributed by atoms with Crippen molar-refractivity contribution in [1.29, 1.82) is 0 Å². The molecule has 0 fully saturated rings. The maximum atomic E-state index is 12.1. The number of benzene rings is 2. The van der Waals surface area contributed by atoms with E-state index in [1.165, 1.54) is 12.1 Å². The van der Waals surface area contributed by atoms with E-state index in [0.29, 0.717) is 46.6 Å². The van der Waals surface area contributed by atoms with Gasteiger partial charge in [0.25, 0.3) is 30.4 Å². The van der Waals surface area contributed by atoms with Gasteiger partial charge in [-0.1, -0.05) is 53.5 Å². The van der Waals surface area contributed by atoms with Crippen LogP contribution in [0, 0.1) is 0 Å². The monoisotopic (exact) mass is 870 g/mol. The summed E-state index contributed by atoms with van der Waals surface area (Å²) in [6.45, 7) is 8.99. The first kappa shape index (κ1) is 41.2. The molecule has 2 aliphatic heterocycles. The van der Waals surface area contributed by atoms with E-state index < -0.39 is 41.2 Å². The molecule has 3 N–H and O–H groups in total. The van der Waals surface area contributed by atoms with Gasteiger partial charge < -0.3 is 4.90 Å². The summed E-state index contributed by atoms with van der Waals surface area (Å²) in [5.74, 6) is 0.0233. The smallest absolute Gasteiger partial charge is 0.327 e. The number of hydrogen-bond acceptors (Lipinski definition) is 8. The average molecular weight is 872 g/mol. The molecule has 0 saturated carbocycles. The van der Waals surface area contributed by atoms with Crippen LogP contribution in [0.25, 0.3) is 10.8 Å². The summed E-state index contributed by atoms with van der Waals surface area (Å²) in [6, 6.07) is 10.2. The molecule has 0 amide bonds. The van der Waals surface area contributed by atoms with Gasteiger partial charge in [-0.3, -0.25) is 13.7 Å². The van der Waals surface area contributed by atoms with Crippen LogP contribution in [0.1, 0.15) is 64.5 Å². The first-order valence-corrected chi connectivity index (χ1v) is 22.6. The fraction of sp³-hybridized carbons (Fsp3) is 0.389. The van der Waals surface area contributed by atoms with Crippen LogP contribution < -0.4 is 9.47 Å². The van der Waals surface area contributed by atoms with Gasteiger partial charge in [0.1, 0.15) is 6.20 Å². The van der Waals surface area contributed by atoms with Gasteiger partial charge in [0, 0.05) is 27.8 Å². The van der Waals surface area contributed by atoms with Crippen LogP contribution >= 0.6 is 27.5 Å². The maximum Gasteiger partial charge on any atom is 0.327 e. The molecule has 12 nitrogen and oxygen atoms in total. The summed E-state index contributed by atoms with van der Waals surface area (Å²) in [5, 5.41) is 1.97. The Hall–Kier alpha value is -2.96. The molecule has 5 rings (SSSR count). The Kier molecular flexibility index (Phi) is 11.9. The lowest BCUT2D eigenvalue weighted by atomic mass is 9.81. The molecule has 0 spiro atoms. The first-order chi connectivity index (χ1) is 24.5. The zero-order valence-corrected chi connectivity index (χ0v) is 34.4. The van der Waals surface area contributed by atoms with E-state index in [-0.39, 0.29) is 29.2 Å². The van der Waals surface area contributed by atoms with Crippen molar-refractivity contribution in [3.8, 4) is 0 Å². The number of aryl methyl sites for hydroxylation is 1. The Morgan fingerprint density at radius 2 is 1.55 bits per heavy atom. The van der Waals surface area contributed by atoms with Crippen LogP contribution in [0.15, 0.2) is 87.0 Å². The molecule has 0 radical (unpaired) electrons. The summed E-state index contributed by atoms with van der Waals surface area (Å²) >= 11 is 10.1. The van der Waals surface area contributed by atoms with Crippen LogP contribution in [0.2, 0.25) is 5.02 Å². The second-order valence-corrected chi connectivity index (χ2v) is 20.1. The molecule has 0 aliphatic carbocycles. The van der Waals surface area contributed by atoms with Gasteiger partial charge in [-0.2, -0.15) is 25.3 Å². The van der Waals surface area contributed by atoms with Crippen LogP contribution in [0.3, 0.4) is 0 Å². The molecule has 53 heavy (non-hydrogen) atoms. The van der Waals surface area contributed by atoms with Crippen LogP contribution in [0.4, 0.5) is 11.5 Å². The normalized spacial score (nSPS) is 17.9. The average Bonchev–Trinajstić information content (AvgIpc) is 3.42. The Balaban J connectivity index is 1.48. The Morgan fingerprint density at radius 1 is 0.906 bits per heavy atom.